The van der Waals surface area contributed by atoms with Gasteiger partial charge in [-0.25, -0.2) is 14.4 Å². The molecule has 7 nitrogen and oxygen atoms in total. The minimum Gasteiger partial charge on any atom is -0.465 e. The summed E-state index contributed by atoms with van der Waals surface area (Å²) >= 11 is 0. The SMILES string of the molecule is COC(=O)c1ccccc1C(=O)OC.O=C1OCCO1. The van der Waals surface area contributed by atoms with E-state index in [-0.39, 0.29) is 11.1 Å². The number of ether oxygens (including phenoxy) is 4. The molecule has 0 amide bonds. The molecular formula is C13H14O7. The highest BCUT2D eigenvalue weighted by Crippen LogP contribution is 2.10. The molecule has 2 rings (SSSR count). The average Bonchev–Trinajstić information content (AvgIpc) is 2.97. The molecule has 1 fully saturated rings. The molecule has 0 radical (unpaired) electrons. The van der Waals surface area contributed by atoms with Gasteiger partial charge in [0.05, 0.1) is 25.3 Å². The van der Waals surface area contributed by atoms with E-state index in [1.165, 1.54) is 26.4 Å². The Kier molecular flexibility index (Phi) is 6.02. The van der Waals surface area contributed by atoms with Crippen LogP contribution in [-0.2, 0) is 18.9 Å². The number of hydrogen-bond donors (Lipinski definition) is 0. The summed E-state index contributed by atoms with van der Waals surface area (Å²) in [5, 5.41) is 0. The molecular weight excluding hydrogens is 268 g/mol. The van der Waals surface area contributed by atoms with Gasteiger partial charge in [0, 0.05) is 0 Å². The maximum Gasteiger partial charge on any atom is 0.508 e. The number of rotatable bonds is 2. The van der Waals surface area contributed by atoms with Gasteiger partial charge in [-0.05, 0) is 12.1 Å². The molecule has 0 bridgehead atoms. The Morgan fingerprint density at radius 1 is 0.950 bits per heavy atom. The largest absolute Gasteiger partial charge is 0.508 e. The zero-order valence-corrected chi connectivity index (χ0v) is 11.1. The van der Waals surface area contributed by atoms with Crippen LogP contribution in [0.1, 0.15) is 20.7 Å². The number of carbonyl (C=O) groups excluding carboxylic acids is 3. The molecule has 0 unspecified atom stereocenters. The normalized spacial score (nSPS) is 12.4. The fourth-order valence-electron chi connectivity index (χ4n) is 1.35. The molecule has 0 aliphatic carbocycles. The Labute approximate surface area is 115 Å². The second-order valence-electron chi connectivity index (χ2n) is 3.48. The van der Waals surface area contributed by atoms with Gasteiger partial charge in [0.2, 0.25) is 0 Å². The first-order valence-electron chi connectivity index (χ1n) is 5.65. The number of esters is 2. The molecule has 0 N–H and O–H groups in total. The Morgan fingerprint density at radius 2 is 1.35 bits per heavy atom. The first-order valence-corrected chi connectivity index (χ1v) is 5.65. The van der Waals surface area contributed by atoms with E-state index in [4.69, 9.17) is 0 Å². The van der Waals surface area contributed by atoms with E-state index in [1.807, 2.05) is 0 Å². The van der Waals surface area contributed by atoms with E-state index in [1.54, 1.807) is 12.1 Å². The quantitative estimate of drug-likeness (QED) is 0.598. The summed E-state index contributed by atoms with van der Waals surface area (Å²) in [6.07, 6.45) is -0.546. The van der Waals surface area contributed by atoms with Crippen molar-refractivity contribution in [3.05, 3.63) is 35.4 Å². The molecule has 1 aliphatic rings. The van der Waals surface area contributed by atoms with Gasteiger partial charge in [-0.3, -0.25) is 0 Å². The van der Waals surface area contributed by atoms with Crippen LogP contribution < -0.4 is 0 Å². The third kappa shape index (κ3) is 4.27. The molecule has 1 aromatic rings. The highest BCUT2D eigenvalue weighted by atomic mass is 16.8. The van der Waals surface area contributed by atoms with Crippen LogP contribution in [0.5, 0.6) is 0 Å². The Balaban J connectivity index is 0.000000276. The van der Waals surface area contributed by atoms with Crippen molar-refractivity contribution in [2.24, 2.45) is 0 Å². The van der Waals surface area contributed by atoms with Gasteiger partial charge in [0.15, 0.2) is 0 Å². The molecule has 1 aromatic carbocycles. The molecule has 0 saturated carbocycles. The van der Waals surface area contributed by atoms with Crippen LogP contribution in [0.3, 0.4) is 0 Å². The van der Waals surface area contributed by atoms with Crippen LogP contribution in [0, 0.1) is 0 Å². The summed E-state index contributed by atoms with van der Waals surface area (Å²) in [4.78, 5) is 32.2. The third-order valence-corrected chi connectivity index (χ3v) is 2.26. The van der Waals surface area contributed by atoms with E-state index in [2.05, 4.69) is 18.9 Å². The number of cyclic esters (lactones) is 2. The van der Waals surface area contributed by atoms with Gasteiger partial charge in [-0.15, -0.1) is 0 Å². The zero-order chi connectivity index (χ0) is 15.0. The average molecular weight is 282 g/mol. The summed E-state index contributed by atoms with van der Waals surface area (Å²) in [5.41, 5.74) is 0.420. The highest BCUT2D eigenvalue weighted by Gasteiger charge is 2.16. The predicted molar refractivity (Wildman–Crippen MR) is 66.4 cm³/mol. The fraction of sp³-hybridized carbons (Fsp3) is 0.308. The first-order chi connectivity index (χ1) is 9.60. The Morgan fingerprint density at radius 3 is 1.60 bits per heavy atom. The van der Waals surface area contributed by atoms with Crippen LogP contribution in [0.25, 0.3) is 0 Å². The molecule has 0 aromatic heterocycles. The lowest BCUT2D eigenvalue weighted by Crippen LogP contribution is -2.11. The lowest BCUT2D eigenvalue weighted by atomic mass is 10.1. The molecule has 20 heavy (non-hydrogen) atoms. The first kappa shape index (κ1) is 15.5. The topological polar surface area (TPSA) is 88.1 Å². The van der Waals surface area contributed by atoms with E-state index < -0.39 is 18.1 Å². The molecule has 0 atom stereocenters. The minimum atomic E-state index is -0.550. The predicted octanol–water partition coefficient (Wildman–Crippen LogP) is 1.41. The van der Waals surface area contributed by atoms with Gasteiger partial charge in [0.1, 0.15) is 13.2 Å². The number of methoxy groups -OCH3 is 2. The summed E-state index contributed by atoms with van der Waals surface area (Å²) in [7, 11) is 2.52. The van der Waals surface area contributed by atoms with Crippen molar-refractivity contribution in [1.82, 2.24) is 0 Å². The van der Waals surface area contributed by atoms with Crippen LogP contribution in [0.4, 0.5) is 4.79 Å². The summed E-state index contributed by atoms with van der Waals surface area (Å²) in [6.45, 7) is 0.831. The van der Waals surface area contributed by atoms with E-state index in [0.717, 1.165) is 0 Å². The Bertz CT molecular complexity index is 452. The van der Waals surface area contributed by atoms with Gasteiger partial charge in [-0.1, -0.05) is 12.1 Å². The highest BCUT2D eigenvalue weighted by molar-refractivity contribution is 6.02. The maximum absolute atomic E-state index is 11.2. The van der Waals surface area contributed by atoms with Gasteiger partial charge >= 0.3 is 18.1 Å². The van der Waals surface area contributed by atoms with Crippen LogP contribution >= 0.6 is 0 Å². The number of carbonyl (C=O) groups is 3. The lowest BCUT2D eigenvalue weighted by Gasteiger charge is -2.04. The zero-order valence-electron chi connectivity index (χ0n) is 11.1. The van der Waals surface area contributed by atoms with Crippen LogP contribution in [0.15, 0.2) is 24.3 Å². The number of hydrogen-bond acceptors (Lipinski definition) is 7. The van der Waals surface area contributed by atoms with Crippen molar-refractivity contribution < 1.29 is 33.3 Å². The van der Waals surface area contributed by atoms with Crippen molar-refractivity contribution >= 4 is 18.1 Å². The van der Waals surface area contributed by atoms with E-state index >= 15 is 0 Å². The van der Waals surface area contributed by atoms with E-state index in [9.17, 15) is 14.4 Å². The number of benzene rings is 1. The second-order valence-corrected chi connectivity index (χ2v) is 3.48. The summed E-state index contributed by atoms with van der Waals surface area (Å²) in [5.74, 6) is -1.10. The second kappa shape index (κ2) is 7.78. The fourth-order valence-corrected chi connectivity index (χ4v) is 1.35. The standard InChI is InChI=1S/C10H10O4.C3H4O3/c1-13-9(11)7-5-3-4-6-8(7)10(12)14-2;4-3-5-1-2-6-3/h3-6H,1-2H3;1-2H2. The van der Waals surface area contributed by atoms with Crippen molar-refractivity contribution in [3.63, 3.8) is 0 Å². The van der Waals surface area contributed by atoms with E-state index in [0.29, 0.717) is 13.2 Å². The van der Waals surface area contributed by atoms with Crippen molar-refractivity contribution in [2.75, 3.05) is 27.4 Å². The van der Waals surface area contributed by atoms with Crippen LogP contribution in [0.2, 0.25) is 0 Å². The van der Waals surface area contributed by atoms with Crippen molar-refractivity contribution in [3.8, 4) is 0 Å². The maximum atomic E-state index is 11.2. The van der Waals surface area contributed by atoms with Gasteiger partial charge in [0.25, 0.3) is 0 Å². The van der Waals surface area contributed by atoms with Crippen molar-refractivity contribution in [1.29, 1.82) is 0 Å². The molecule has 108 valence electrons. The van der Waals surface area contributed by atoms with Gasteiger partial charge < -0.3 is 18.9 Å². The summed E-state index contributed by atoms with van der Waals surface area (Å²) < 4.78 is 17.6. The van der Waals surface area contributed by atoms with Crippen LogP contribution in [-0.4, -0.2) is 45.5 Å². The third-order valence-electron chi connectivity index (χ3n) is 2.26. The molecule has 0 spiro atoms. The smallest absolute Gasteiger partial charge is 0.465 e. The lowest BCUT2D eigenvalue weighted by molar-refractivity contribution is 0.0555. The molecule has 1 aliphatic heterocycles. The summed E-state index contributed by atoms with van der Waals surface area (Å²) in [6, 6.07) is 6.33. The minimum absolute atomic E-state index is 0.210. The molecule has 1 saturated heterocycles. The Hall–Kier alpha value is -2.57. The van der Waals surface area contributed by atoms with Gasteiger partial charge in [-0.2, -0.15) is 0 Å². The monoisotopic (exact) mass is 282 g/mol. The van der Waals surface area contributed by atoms with Crippen molar-refractivity contribution in [2.45, 2.75) is 0 Å². The molecule has 7 heteroatoms. The molecule has 1 heterocycles.